The number of rotatable bonds is 0. The summed E-state index contributed by atoms with van der Waals surface area (Å²) in [5.74, 6) is 5.60. The van der Waals surface area contributed by atoms with Gasteiger partial charge >= 0.3 is 0 Å². The van der Waals surface area contributed by atoms with Crippen molar-refractivity contribution in [3.05, 3.63) is 22.7 Å². The fourth-order valence-corrected chi connectivity index (χ4v) is 0.667. The Morgan fingerprint density at radius 2 is 2.17 bits per heavy atom. The first-order valence-corrected chi connectivity index (χ1v) is 4.21. The first kappa shape index (κ1) is 10.9. The molecule has 1 heterocycles. The summed E-state index contributed by atoms with van der Waals surface area (Å²) >= 11 is 4.74. The molecule has 1 aromatic heterocycles. The Hall–Kier alpha value is -1.14. The van der Waals surface area contributed by atoms with Crippen molar-refractivity contribution in [1.29, 1.82) is 0 Å². The van der Waals surface area contributed by atoms with E-state index in [0.29, 0.717) is 4.77 Å². The van der Waals surface area contributed by atoms with Crippen LogP contribution in [-0.4, -0.2) is 9.97 Å². The van der Waals surface area contributed by atoms with Crippen molar-refractivity contribution in [3.8, 4) is 11.8 Å². The van der Waals surface area contributed by atoms with Gasteiger partial charge in [0.05, 0.1) is 5.56 Å². The van der Waals surface area contributed by atoms with Gasteiger partial charge in [-0.2, -0.15) is 0 Å². The summed E-state index contributed by atoms with van der Waals surface area (Å²) in [4.78, 5) is 6.64. The third-order valence-electron chi connectivity index (χ3n) is 0.941. The van der Waals surface area contributed by atoms with Crippen LogP contribution in [-0.2, 0) is 0 Å². The number of nitrogens with zero attached hydrogens (tertiary/aromatic N) is 1. The summed E-state index contributed by atoms with van der Waals surface area (Å²) in [6.45, 7) is 5.78. The number of aromatic amines is 1. The zero-order chi connectivity index (χ0) is 9.40. The molecule has 0 radical (unpaired) electrons. The molecule has 0 spiro atoms. The highest BCUT2D eigenvalue weighted by Crippen LogP contribution is 1.88. The minimum Gasteiger partial charge on any atom is -0.336 e. The summed E-state index contributed by atoms with van der Waals surface area (Å²) in [6.07, 6.45) is 3.39. The topological polar surface area (TPSA) is 28.7 Å². The first-order chi connectivity index (χ1) is 5.83. The monoisotopic (exact) mass is 180 g/mol. The molecule has 0 fully saturated rings. The minimum absolute atomic E-state index is 0.488. The van der Waals surface area contributed by atoms with Gasteiger partial charge < -0.3 is 4.98 Å². The van der Waals surface area contributed by atoms with E-state index in [1.54, 1.807) is 19.3 Å². The predicted molar refractivity (Wildman–Crippen MR) is 53.3 cm³/mol. The molecule has 0 aromatic carbocycles. The number of aromatic nitrogens is 2. The molecule has 0 aliphatic heterocycles. The van der Waals surface area contributed by atoms with E-state index >= 15 is 0 Å². The van der Waals surface area contributed by atoms with E-state index in [-0.39, 0.29) is 0 Å². The van der Waals surface area contributed by atoms with Gasteiger partial charge in [-0.15, -0.1) is 5.92 Å². The highest BCUT2D eigenvalue weighted by Gasteiger charge is 1.82. The van der Waals surface area contributed by atoms with Crippen molar-refractivity contribution in [2.45, 2.75) is 20.8 Å². The molecule has 0 amide bonds. The van der Waals surface area contributed by atoms with Crippen LogP contribution < -0.4 is 0 Å². The van der Waals surface area contributed by atoms with Gasteiger partial charge in [0.1, 0.15) is 0 Å². The first-order valence-electron chi connectivity index (χ1n) is 3.80. The largest absolute Gasteiger partial charge is 0.336 e. The summed E-state index contributed by atoms with van der Waals surface area (Å²) in [5, 5.41) is 0. The van der Waals surface area contributed by atoms with Crippen LogP contribution in [0, 0.1) is 16.6 Å². The van der Waals surface area contributed by atoms with Crippen LogP contribution in [0.15, 0.2) is 12.4 Å². The van der Waals surface area contributed by atoms with Crippen LogP contribution >= 0.6 is 12.2 Å². The number of H-pyrrole nitrogens is 1. The van der Waals surface area contributed by atoms with E-state index in [9.17, 15) is 0 Å². The van der Waals surface area contributed by atoms with Gasteiger partial charge in [-0.05, 0) is 19.1 Å². The molecule has 3 heteroatoms. The smallest absolute Gasteiger partial charge is 0.196 e. The average molecular weight is 180 g/mol. The van der Waals surface area contributed by atoms with Gasteiger partial charge in [0.25, 0.3) is 0 Å². The Balaban J connectivity index is 0.000000561. The summed E-state index contributed by atoms with van der Waals surface area (Å²) in [7, 11) is 0. The van der Waals surface area contributed by atoms with Gasteiger partial charge in [-0.3, -0.25) is 0 Å². The zero-order valence-corrected chi connectivity index (χ0v) is 8.33. The molecule has 0 unspecified atom stereocenters. The number of nitrogens with one attached hydrogen (secondary N) is 1. The van der Waals surface area contributed by atoms with E-state index in [2.05, 4.69) is 21.8 Å². The number of hydrogen-bond acceptors (Lipinski definition) is 2. The standard InChI is InChI=1S/C7H6N2S.C2H6/c1-2-3-6-4-8-7(10)9-5-6;1-2/h4-5H,1H3,(H,8,9,10);1-2H3. The molecule has 1 aromatic rings. The van der Waals surface area contributed by atoms with Crippen molar-refractivity contribution in [2.75, 3.05) is 0 Å². The average Bonchev–Trinajstić information content (AvgIpc) is 2.13. The van der Waals surface area contributed by atoms with E-state index in [0.717, 1.165) is 5.56 Å². The summed E-state index contributed by atoms with van der Waals surface area (Å²) in [6, 6.07) is 0. The molecule has 1 rings (SSSR count). The Labute approximate surface area is 78.1 Å². The van der Waals surface area contributed by atoms with Gasteiger partial charge in [0.2, 0.25) is 0 Å². The predicted octanol–water partition coefficient (Wildman–Crippen LogP) is 2.54. The van der Waals surface area contributed by atoms with E-state index in [1.165, 1.54) is 0 Å². The highest BCUT2D eigenvalue weighted by atomic mass is 32.1. The van der Waals surface area contributed by atoms with Crippen LogP contribution in [0.2, 0.25) is 0 Å². The number of hydrogen-bond donors (Lipinski definition) is 1. The molecule has 2 nitrogen and oxygen atoms in total. The molecule has 12 heavy (non-hydrogen) atoms. The van der Waals surface area contributed by atoms with Crippen LogP contribution in [0.4, 0.5) is 0 Å². The van der Waals surface area contributed by atoms with Gasteiger partial charge in [-0.1, -0.05) is 19.8 Å². The second kappa shape index (κ2) is 6.56. The lowest BCUT2D eigenvalue weighted by molar-refractivity contribution is 1.12. The maximum atomic E-state index is 4.74. The van der Waals surface area contributed by atoms with Crippen molar-refractivity contribution >= 4 is 12.2 Å². The van der Waals surface area contributed by atoms with Crippen molar-refractivity contribution in [2.24, 2.45) is 0 Å². The lowest BCUT2D eigenvalue weighted by Gasteiger charge is -1.85. The summed E-state index contributed by atoms with van der Waals surface area (Å²) in [5.41, 5.74) is 0.858. The van der Waals surface area contributed by atoms with Gasteiger partial charge in [0.15, 0.2) is 4.77 Å². The Morgan fingerprint density at radius 3 is 2.58 bits per heavy atom. The molecular weight excluding hydrogens is 168 g/mol. The SMILES string of the molecule is CC.CC#Cc1cnc(=S)[nH]c1. The Kier molecular flexibility index (Phi) is 5.94. The maximum absolute atomic E-state index is 4.74. The van der Waals surface area contributed by atoms with E-state index in [1.807, 2.05) is 13.8 Å². The quantitative estimate of drug-likeness (QED) is 0.491. The molecule has 64 valence electrons. The highest BCUT2D eigenvalue weighted by molar-refractivity contribution is 7.71. The van der Waals surface area contributed by atoms with Crippen LogP contribution in [0.5, 0.6) is 0 Å². The van der Waals surface area contributed by atoms with Crippen LogP contribution in [0.1, 0.15) is 26.3 Å². The van der Waals surface area contributed by atoms with E-state index in [4.69, 9.17) is 12.2 Å². The third-order valence-corrected chi connectivity index (χ3v) is 1.16. The normalized spacial score (nSPS) is 7.25. The second-order valence-corrected chi connectivity index (χ2v) is 2.07. The van der Waals surface area contributed by atoms with Crippen molar-refractivity contribution in [3.63, 3.8) is 0 Å². The van der Waals surface area contributed by atoms with E-state index < -0.39 is 0 Å². The maximum Gasteiger partial charge on any atom is 0.196 e. The second-order valence-electron chi connectivity index (χ2n) is 1.68. The zero-order valence-electron chi connectivity index (χ0n) is 7.51. The van der Waals surface area contributed by atoms with Crippen molar-refractivity contribution in [1.82, 2.24) is 9.97 Å². The Morgan fingerprint density at radius 1 is 1.50 bits per heavy atom. The molecule has 0 saturated carbocycles. The molecule has 0 bridgehead atoms. The molecule has 0 atom stereocenters. The van der Waals surface area contributed by atoms with Crippen LogP contribution in [0.25, 0.3) is 0 Å². The van der Waals surface area contributed by atoms with Crippen LogP contribution in [0.3, 0.4) is 0 Å². The lowest BCUT2D eigenvalue weighted by Crippen LogP contribution is -1.81. The molecular formula is C9H12N2S. The molecule has 1 N–H and O–H groups in total. The van der Waals surface area contributed by atoms with Gasteiger partial charge in [0, 0.05) is 12.4 Å². The van der Waals surface area contributed by atoms with Gasteiger partial charge in [-0.25, -0.2) is 4.98 Å². The fourth-order valence-electron chi connectivity index (χ4n) is 0.555. The lowest BCUT2D eigenvalue weighted by atomic mass is 10.3. The fraction of sp³-hybridized carbons (Fsp3) is 0.333. The Bertz CT molecular complexity index is 310. The summed E-state index contributed by atoms with van der Waals surface area (Å²) < 4.78 is 0.488. The molecule has 0 saturated heterocycles. The molecule has 0 aliphatic rings. The minimum atomic E-state index is 0.488. The van der Waals surface area contributed by atoms with Crippen molar-refractivity contribution < 1.29 is 0 Å². The third kappa shape index (κ3) is 3.89. The molecule has 0 aliphatic carbocycles.